The quantitative estimate of drug-likeness (QED) is 0.676. The Kier molecular flexibility index (Phi) is 5.24. The zero-order chi connectivity index (χ0) is 18.8. The molecule has 0 N–H and O–H groups in total. The van der Waals surface area contributed by atoms with E-state index in [4.69, 9.17) is 11.6 Å². The number of carbonyl (C=O) groups is 1. The summed E-state index contributed by atoms with van der Waals surface area (Å²) in [7, 11) is 0. The molecule has 6 nitrogen and oxygen atoms in total. The molecule has 1 aliphatic heterocycles. The highest BCUT2D eigenvalue weighted by atomic mass is 35.5. The third-order valence-electron chi connectivity index (χ3n) is 4.69. The van der Waals surface area contributed by atoms with E-state index < -0.39 is 0 Å². The van der Waals surface area contributed by atoms with Crippen molar-refractivity contribution in [3.63, 3.8) is 0 Å². The van der Waals surface area contributed by atoms with Gasteiger partial charge in [0.05, 0.1) is 5.69 Å². The third kappa shape index (κ3) is 4.05. The zero-order valence-corrected chi connectivity index (χ0v) is 16.2. The van der Waals surface area contributed by atoms with Crippen molar-refractivity contribution in [1.82, 2.24) is 19.2 Å². The summed E-state index contributed by atoms with van der Waals surface area (Å²) < 4.78 is 1.56. The summed E-state index contributed by atoms with van der Waals surface area (Å²) in [4.78, 5) is 34.3. The number of rotatable bonds is 3. The second-order valence-corrected chi connectivity index (χ2v) is 7.88. The van der Waals surface area contributed by atoms with E-state index in [-0.39, 0.29) is 11.5 Å². The van der Waals surface area contributed by atoms with Gasteiger partial charge in [-0.1, -0.05) is 17.7 Å². The topological polar surface area (TPSA) is 57.9 Å². The molecule has 0 saturated carbocycles. The van der Waals surface area contributed by atoms with Crippen LogP contribution in [0.5, 0.6) is 0 Å². The molecule has 1 amide bonds. The van der Waals surface area contributed by atoms with Crippen molar-refractivity contribution in [2.24, 2.45) is 0 Å². The number of carbonyl (C=O) groups excluding carboxylic acids is 1. The number of nitrogens with zero attached hydrogens (tertiary/aromatic N) is 4. The number of thiazole rings is 1. The lowest BCUT2D eigenvalue weighted by atomic mass is 10.2. The lowest BCUT2D eigenvalue weighted by Gasteiger charge is -2.22. The van der Waals surface area contributed by atoms with Gasteiger partial charge < -0.3 is 4.90 Å². The molecule has 3 heterocycles. The fourth-order valence-electron chi connectivity index (χ4n) is 3.33. The smallest absolute Gasteiger partial charge is 0.258 e. The number of halogens is 1. The molecule has 3 aromatic rings. The fraction of sp³-hybridized carbons (Fsp3) is 0.316. The van der Waals surface area contributed by atoms with Gasteiger partial charge in [-0.25, -0.2) is 4.98 Å². The maximum Gasteiger partial charge on any atom is 0.258 e. The highest BCUT2D eigenvalue weighted by molar-refractivity contribution is 7.15. The molecule has 4 rings (SSSR count). The molecule has 0 unspecified atom stereocenters. The first-order chi connectivity index (χ1) is 13.1. The molecule has 8 heteroatoms. The molecule has 1 aromatic carbocycles. The van der Waals surface area contributed by atoms with E-state index in [1.165, 1.54) is 11.3 Å². The van der Waals surface area contributed by atoms with Gasteiger partial charge in [0, 0.05) is 61.0 Å². The molecule has 0 atom stereocenters. The minimum Gasteiger partial charge on any atom is -0.337 e. The number of aromatic nitrogens is 2. The van der Waals surface area contributed by atoms with E-state index in [2.05, 4.69) is 9.88 Å². The Morgan fingerprint density at radius 3 is 2.93 bits per heavy atom. The van der Waals surface area contributed by atoms with Gasteiger partial charge in [-0.05, 0) is 24.6 Å². The van der Waals surface area contributed by atoms with Crippen LogP contribution in [0.25, 0.3) is 4.96 Å². The van der Waals surface area contributed by atoms with Crippen LogP contribution >= 0.6 is 22.9 Å². The standard InChI is InChI=1S/C19H19ClN4O2S/c20-15-4-1-3-14(11-15)18(26)23-6-2-5-22(7-8-23)13-16-12-17(25)24-9-10-27-19(24)21-16/h1,3-4,9-12H,2,5-8,13H2. The summed E-state index contributed by atoms with van der Waals surface area (Å²) in [5, 5.41) is 2.43. The molecule has 1 aliphatic rings. The molecule has 0 bridgehead atoms. The zero-order valence-electron chi connectivity index (χ0n) is 14.7. The largest absolute Gasteiger partial charge is 0.337 e. The Morgan fingerprint density at radius 2 is 2.07 bits per heavy atom. The Bertz CT molecular complexity index is 1030. The lowest BCUT2D eigenvalue weighted by molar-refractivity contribution is 0.0761. The highest BCUT2D eigenvalue weighted by Gasteiger charge is 2.21. The molecule has 1 saturated heterocycles. The Morgan fingerprint density at radius 1 is 1.19 bits per heavy atom. The SMILES string of the molecule is O=C(c1cccc(Cl)c1)N1CCCN(Cc2cc(=O)n3ccsc3n2)CC1. The van der Waals surface area contributed by atoms with Crippen molar-refractivity contribution in [2.75, 3.05) is 26.2 Å². The maximum absolute atomic E-state index is 12.7. The summed E-state index contributed by atoms with van der Waals surface area (Å²) in [6.45, 7) is 3.58. The molecule has 0 spiro atoms. The van der Waals surface area contributed by atoms with Gasteiger partial charge in [0.25, 0.3) is 11.5 Å². The Balaban J connectivity index is 1.43. The highest BCUT2D eigenvalue weighted by Crippen LogP contribution is 2.15. The second-order valence-electron chi connectivity index (χ2n) is 6.57. The Labute approximate surface area is 165 Å². The summed E-state index contributed by atoms with van der Waals surface area (Å²) in [5.41, 5.74) is 1.34. The number of amides is 1. The maximum atomic E-state index is 12.7. The monoisotopic (exact) mass is 402 g/mol. The van der Waals surface area contributed by atoms with Crippen LogP contribution in [0, 0.1) is 0 Å². The van der Waals surface area contributed by atoms with Crippen molar-refractivity contribution in [1.29, 1.82) is 0 Å². The van der Waals surface area contributed by atoms with E-state index in [1.54, 1.807) is 40.9 Å². The first kappa shape index (κ1) is 18.2. The van der Waals surface area contributed by atoms with Crippen LogP contribution in [-0.2, 0) is 6.54 Å². The van der Waals surface area contributed by atoms with E-state index in [9.17, 15) is 9.59 Å². The molecule has 0 aliphatic carbocycles. The van der Waals surface area contributed by atoms with Crippen molar-refractivity contribution in [2.45, 2.75) is 13.0 Å². The van der Waals surface area contributed by atoms with Crippen molar-refractivity contribution in [3.05, 3.63) is 68.5 Å². The van der Waals surface area contributed by atoms with Gasteiger partial charge in [-0.2, -0.15) is 0 Å². The number of benzene rings is 1. The van der Waals surface area contributed by atoms with E-state index in [0.29, 0.717) is 35.2 Å². The minimum atomic E-state index is -0.0520. The van der Waals surface area contributed by atoms with Crippen LogP contribution < -0.4 is 5.56 Å². The van der Waals surface area contributed by atoms with Crippen LogP contribution in [0.1, 0.15) is 22.5 Å². The summed E-state index contributed by atoms with van der Waals surface area (Å²) >= 11 is 7.46. The third-order valence-corrected chi connectivity index (χ3v) is 5.68. The van der Waals surface area contributed by atoms with Crippen LogP contribution in [0.3, 0.4) is 0 Å². The van der Waals surface area contributed by atoms with Crippen LogP contribution in [-0.4, -0.2) is 51.3 Å². The Hall–Kier alpha value is -2.22. The van der Waals surface area contributed by atoms with Crippen molar-refractivity contribution < 1.29 is 4.79 Å². The molecule has 27 heavy (non-hydrogen) atoms. The first-order valence-corrected chi connectivity index (χ1v) is 10.1. The van der Waals surface area contributed by atoms with Crippen molar-refractivity contribution >= 4 is 33.8 Å². The second kappa shape index (κ2) is 7.80. The summed E-state index contributed by atoms with van der Waals surface area (Å²) in [6, 6.07) is 8.66. The van der Waals surface area contributed by atoms with Gasteiger partial charge >= 0.3 is 0 Å². The predicted molar refractivity (Wildman–Crippen MR) is 107 cm³/mol. The predicted octanol–water partition coefficient (Wildman–Crippen LogP) is 2.76. The van der Waals surface area contributed by atoms with E-state index in [1.807, 2.05) is 10.3 Å². The average molecular weight is 403 g/mol. The summed E-state index contributed by atoms with van der Waals surface area (Å²) in [5.74, 6) is 0.00993. The average Bonchev–Trinajstić information content (AvgIpc) is 3.01. The molecule has 2 aromatic heterocycles. The lowest BCUT2D eigenvalue weighted by Crippen LogP contribution is -2.35. The molecular weight excluding hydrogens is 384 g/mol. The minimum absolute atomic E-state index is 0.00993. The van der Waals surface area contributed by atoms with E-state index >= 15 is 0 Å². The number of hydrogen-bond acceptors (Lipinski definition) is 5. The van der Waals surface area contributed by atoms with E-state index in [0.717, 1.165) is 25.2 Å². The fourth-order valence-corrected chi connectivity index (χ4v) is 4.26. The van der Waals surface area contributed by atoms with Gasteiger partial charge in [0.2, 0.25) is 0 Å². The molecular formula is C19H19ClN4O2S. The number of fused-ring (bicyclic) bond motifs is 1. The molecule has 1 fully saturated rings. The van der Waals surface area contributed by atoms with Crippen LogP contribution in [0.2, 0.25) is 5.02 Å². The first-order valence-electron chi connectivity index (χ1n) is 8.83. The molecule has 140 valence electrons. The normalized spacial score (nSPS) is 15.8. The summed E-state index contributed by atoms with van der Waals surface area (Å²) in [6.07, 6.45) is 2.62. The van der Waals surface area contributed by atoms with Crippen molar-refractivity contribution in [3.8, 4) is 0 Å². The van der Waals surface area contributed by atoms with Gasteiger partial charge in [-0.15, -0.1) is 11.3 Å². The number of hydrogen-bond donors (Lipinski definition) is 0. The van der Waals surface area contributed by atoms with Gasteiger partial charge in [0.1, 0.15) is 0 Å². The van der Waals surface area contributed by atoms with Gasteiger partial charge in [-0.3, -0.25) is 18.9 Å². The van der Waals surface area contributed by atoms with Crippen LogP contribution in [0.15, 0.2) is 46.7 Å². The van der Waals surface area contributed by atoms with Crippen LogP contribution in [0.4, 0.5) is 0 Å². The molecule has 0 radical (unpaired) electrons. The van der Waals surface area contributed by atoms with Gasteiger partial charge in [0.15, 0.2) is 4.96 Å².